The third kappa shape index (κ3) is 3.59. The molecular weight excluding hydrogens is 290 g/mol. The zero-order valence-electron chi connectivity index (χ0n) is 9.82. The summed E-state index contributed by atoms with van der Waals surface area (Å²) < 4.78 is 10.2. The summed E-state index contributed by atoms with van der Waals surface area (Å²) in [5, 5.41) is 2.57. The largest absolute Gasteiger partial charge is 0.467 e. The molecule has 17 heavy (non-hydrogen) atoms. The first-order chi connectivity index (χ1) is 7.95. The third-order valence-corrected chi connectivity index (χ3v) is 2.63. The molecule has 0 aliphatic rings. The second-order valence-electron chi connectivity index (χ2n) is 3.82. The number of methoxy groups -OCH3 is 1. The van der Waals surface area contributed by atoms with Gasteiger partial charge in [0.1, 0.15) is 6.04 Å². The van der Waals surface area contributed by atoms with Gasteiger partial charge in [0.2, 0.25) is 0 Å². The van der Waals surface area contributed by atoms with Crippen LogP contribution in [0, 0.1) is 5.92 Å². The van der Waals surface area contributed by atoms with Crippen molar-refractivity contribution in [1.29, 1.82) is 0 Å². The molecule has 1 N–H and O–H groups in total. The van der Waals surface area contributed by atoms with Crippen LogP contribution < -0.4 is 5.32 Å². The van der Waals surface area contributed by atoms with Gasteiger partial charge in [0.15, 0.2) is 10.4 Å². The lowest BCUT2D eigenvalue weighted by atomic mass is 10.0. The Morgan fingerprint density at radius 3 is 2.47 bits per heavy atom. The van der Waals surface area contributed by atoms with Gasteiger partial charge in [0.25, 0.3) is 5.91 Å². The molecule has 1 unspecified atom stereocenters. The van der Waals surface area contributed by atoms with Crippen molar-refractivity contribution in [3.8, 4) is 0 Å². The molecule has 6 heteroatoms. The molecule has 0 aromatic carbocycles. The van der Waals surface area contributed by atoms with Crippen LogP contribution in [0.2, 0.25) is 0 Å². The fraction of sp³-hybridized carbons (Fsp3) is 0.455. The molecule has 0 bridgehead atoms. The van der Waals surface area contributed by atoms with E-state index in [1.807, 2.05) is 13.8 Å². The summed E-state index contributed by atoms with van der Waals surface area (Å²) in [6, 6.07) is 2.45. The number of ether oxygens (including phenoxy) is 1. The van der Waals surface area contributed by atoms with Gasteiger partial charge < -0.3 is 14.5 Å². The number of carbonyl (C=O) groups excluding carboxylic acids is 2. The predicted molar refractivity (Wildman–Crippen MR) is 64.5 cm³/mol. The van der Waals surface area contributed by atoms with Crippen molar-refractivity contribution in [2.24, 2.45) is 5.92 Å². The highest BCUT2D eigenvalue weighted by Gasteiger charge is 2.26. The molecule has 0 radical (unpaired) electrons. The summed E-state index contributed by atoms with van der Waals surface area (Å²) in [6.45, 7) is 3.64. The summed E-state index contributed by atoms with van der Waals surface area (Å²) in [4.78, 5) is 23.2. The minimum absolute atomic E-state index is 0.0650. The van der Waals surface area contributed by atoms with Crippen molar-refractivity contribution >= 4 is 27.8 Å². The first kappa shape index (κ1) is 13.8. The first-order valence-corrected chi connectivity index (χ1v) is 5.89. The van der Waals surface area contributed by atoms with Crippen LogP contribution in [0.4, 0.5) is 0 Å². The number of carbonyl (C=O) groups is 2. The maximum Gasteiger partial charge on any atom is 0.328 e. The normalized spacial score (nSPS) is 12.3. The Kier molecular flexibility index (Phi) is 4.74. The number of amides is 1. The average molecular weight is 304 g/mol. The first-order valence-electron chi connectivity index (χ1n) is 5.09. The van der Waals surface area contributed by atoms with Crippen molar-refractivity contribution in [2.75, 3.05) is 7.11 Å². The van der Waals surface area contributed by atoms with Crippen LogP contribution >= 0.6 is 15.9 Å². The van der Waals surface area contributed by atoms with Gasteiger partial charge >= 0.3 is 5.97 Å². The Labute approximate surface area is 108 Å². The molecule has 0 saturated carbocycles. The van der Waals surface area contributed by atoms with E-state index in [-0.39, 0.29) is 11.7 Å². The zero-order chi connectivity index (χ0) is 13.0. The number of rotatable bonds is 4. The summed E-state index contributed by atoms with van der Waals surface area (Å²) in [6.07, 6.45) is 0. The lowest BCUT2D eigenvalue weighted by Gasteiger charge is -2.18. The van der Waals surface area contributed by atoms with Crippen LogP contribution in [0.5, 0.6) is 0 Å². The molecule has 1 aromatic rings. The van der Waals surface area contributed by atoms with Crippen molar-refractivity contribution < 1.29 is 18.7 Å². The topological polar surface area (TPSA) is 68.5 Å². The van der Waals surface area contributed by atoms with Crippen molar-refractivity contribution in [1.82, 2.24) is 5.32 Å². The number of hydrogen-bond donors (Lipinski definition) is 1. The van der Waals surface area contributed by atoms with Gasteiger partial charge in [-0.2, -0.15) is 0 Å². The molecule has 5 nitrogen and oxygen atoms in total. The van der Waals surface area contributed by atoms with E-state index >= 15 is 0 Å². The number of nitrogens with one attached hydrogen (secondary N) is 1. The monoisotopic (exact) mass is 303 g/mol. The summed E-state index contributed by atoms with van der Waals surface area (Å²) in [5.41, 5.74) is 0. The maximum atomic E-state index is 11.8. The minimum Gasteiger partial charge on any atom is -0.467 e. The Hall–Kier alpha value is -1.30. The summed E-state index contributed by atoms with van der Waals surface area (Å²) >= 11 is 3.10. The quantitative estimate of drug-likeness (QED) is 0.864. The molecule has 94 valence electrons. The lowest BCUT2D eigenvalue weighted by Crippen LogP contribution is -2.44. The average Bonchev–Trinajstić information content (AvgIpc) is 2.71. The fourth-order valence-electron chi connectivity index (χ4n) is 1.27. The van der Waals surface area contributed by atoms with Crippen LogP contribution in [0.25, 0.3) is 0 Å². The summed E-state index contributed by atoms with van der Waals surface area (Å²) in [5.74, 6) is -0.838. The number of furan rings is 1. The molecule has 1 amide bonds. The van der Waals surface area contributed by atoms with Gasteiger partial charge in [0.05, 0.1) is 7.11 Å². The van der Waals surface area contributed by atoms with Crippen LogP contribution in [-0.4, -0.2) is 25.0 Å². The van der Waals surface area contributed by atoms with E-state index in [4.69, 9.17) is 4.42 Å². The van der Waals surface area contributed by atoms with Crippen molar-refractivity contribution in [3.63, 3.8) is 0 Å². The molecule has 0 spiro atoms. The minimum atomic E-state index is -0.684. The highest BCUT2D eigenvalue weighted by Crippen LogP contribution is 2.14. The van der Waals surface area contributed by atoms with Crippen LogP contribution in [-0.2, 0) is 9.53 Å². The molecule has 1 rings (SSSR count). The Bertz CT molecular complexity index is 413. The van der Waals surface area contributed by atoms with E-state index in [1.165, 1.54) is 13.2 Å². The lowest BCUT2D eigenvalue weighted by molar-refractivity contribution is -0.144. The van der Waals surface area contributed by atoms with Gasteiger partial charge in [0, 0.05) is 0 Å². The Morgan fingerprint density at radius 1 is 1.41 bits per heavy atom. The molecule has 1 atom stereocenters. The summed E-state index contributed by atoms with van der Waals surface area (Å²) in [7, 11) is 1.29. The standard InChI is InChI=1S/C11H14BrNO4/c1-6(2)9(11(15)16-3)13-10(14)7-4-5-8(12)17-7/h4-6,9H,1-3H3,(H,13,14). The Balaban J connectivity index is 2.74. The molecule has 0 saturated heterocycles. The van der Waals surface area contributed by atoms with Crippen LogP contribution in [0.3, 0.4) is 0 Å². The molecule has 0 aliphatic carbocycles. The molecule has 0 aliphatic heterocycles. The molecular formula is C11H14BrNO4. The van der Waals surface area contributed by atoms with Gasteiger partial charge in [-0.05, 0) is 34.0 Å². The van der Waals surface area contributed by atoms with E-state index in [0.717, 1.165) is 0 Å². The van der Waals surface area contributed by atoms with Gasteiger partial charge in [-0.15, -0.1) is 0 Å². The highest BCUT2D eigenvalue weighted by molar-refractivity contribution is 9.10. The van der Waals surface area contributed by atoms with E-state index in [9.17, 15) is 9.59 Å². The second-order valence-corrected chi connectivity index (χ2v) is 4.60. The van der Waals surface area contributed by atoms with E-state index < -0.39 is 17.9 Å². The highest BCUT2D eigenvalue weighted by atomic mass is 79.9. The number of esters is 1. The number of halogens is 1. The van der Waals surface area contributed by atoms with Crippen molar-refractivity contribution in [2.45, 2.75) is 19.9 Å². The molecule has 1 aromatic heterocycles. The molecule has 1 heterocycles. The SMILES string of the molecule is COC(=O)C(NC(=O)c1ccc(Br)o1)C(C)C. The number of hydrogen-bond acceptors (Lipinski definition) is 4. The molecule has 0 fully saturated rings. The fourth-order valence-corrected chi connectivity index (χ4v) is 1.58. The van der Waals surface area contributed by atoms with Gasteiger partial charge in [-0.3, -0.25) is 4.79 Å². The Morgan fingerprint density at radius 2 is 2.06 bits per heavy atom. The predicted octanol–water partition coefficient (Wildman–Crippen LogP) is 1.97. The zero-order valence-corrected chi connectivity index (χ0v) is 11.4. The van der Waals surface area contributed by atoms with E-state index in [2.05, 4.69) is 26.0 Å². The second kappa shape index (κ2) is 5.86. The third-order valence-electron chi connectivity index (χ3n) is 2.21. The smallest absolute Gasteiger partial charge is 0.328 e. The van der Waals surface area contributed by atoms with Crippen molar-refractivity contribution in [3.05, 3.63) is 22.6 Å². The van der Waals surface area contributed by atoms with E-state index in [1.54, 1.807) is 6.07 Å². The van der Waals surface area contributed by atoms with Crippen LogP contribution in [0.15, 0.2) is 21.2 Å². The van der Waals surface area contributed by atoms with Crippen LogP contribution in [0.1, 0.15) is 24.4 Å². The van der Waals surface area contributed by atoms with Gasteiger partial charge in [-0.25, -0.2) is 4.79 Å². The van der Waals surface area contributed by atoms with Gasteiger partial charge in [-0.1, -0.05) is 13.8 Å². The van der Waals surface area contributed by atoms with E-state index in [0.29, 0.717) is 4.67 Å². The maximum absolute atomic E-state index is 11.8.